The molecular formula is C12H15F5O3Si. The maximum absolute atomic E-state index is 13.8. The van der Waals surface area contributed by atoms with Gasteiger partial charge in [0.05, 0.1) is 5.19 Å². The third-order valence-electron chi connectivity index (χ3n) is 2.32. The minimum atomic E-state index is -4.82. The van der Waals surface area contributed by atoms with Gasteiger partial charge >= 0.3 is 8.80 Å². The van der Waals surface area contributed by atoms with Crippen LogP contribution in [-0.4, -0.2) is 25.8 Å². The predicted molar refractivity (Wildman–Crippen MR) is 66.3 cm³/mol. The summed E-state index contributed by atoms with van der Waals surface area (Å²) in [5.41, 5.74) is 0. The minimum absolute atomic E-state index is 0.754. The fraction of sp³-hybridized carbons (Fsp3) is 0.500. The van der Waals surface area contributed by atoms with E-state index in [1.54, 1.807) is 0 Å². The van der Waals surface area contributed by atoms with Crippen molar-refractivity contribution in [2.45, 2.75) is 39.9 Å². The highest BCUT2D eigenvalue weighted by Crippen LogP contribution is 2.21. The van der Waals surface area contributed by atoms with Crippen molar-refractivity contribution in [3.63, 3.8) is 0 Å². The second-order valence-corrected chi connectivity index (χ2v) is 7.00. The summed E-state index contributed by atoms with van der Waals surface area (Å²) in [6.45, 7) is 5.70. The van der Waals surface area contributed by atoms with E-state index < -0.39 is 55.3 Å². The molecule has 1 rings (SSSR count). The Bertz CT molecular complexity index is 497. The van der Waals surface area contributed by atoms with E-state index in [-0.39, 0.29) is 0 Å². The van der Waals surface area contributed by atoms with Gasteiger partial charge in [-0.1, -0.05) is 0 Å². The fourth-order valence-electron chi connectivity index (χ4n) is 1.67. The molecule has 3 nitrogen and oxygen atoms in total. The SMILES string of the molecule is CC(C)O[Si](O)(OC(C)C)c1c(F)c(F)c(F)c(F)c1F. The lowest BCUT2D eigenvalue weighted by Crippen LogP contribution is -2.60. The van der Waals surface area contributed by atoms with Gasteiger partial charge < -0.3 is 13.6 Å². The van der Waals surface area contributed by atoms with E-state index in [1.807, 2.05) is 0 Å². The molecule has 0 atom stereocenters. The highest BCUT2D eigenvalue weighted by molar-refractivity contribution is 6.74. The molecule has 0 aromatic heterocycles. The van der Waals surface area contributed by atoms with Crippen molar-refractivity contribution in [1.29, 1.82) is 0 Å². The zero-order chi connectivity index (χ0) is 16.5. The summed E-state index contributed by atoms with van der Waals surface area (Å²) in [7, 11) is -4.82. The summed E-state index contributed by atoms with van der Waals surface area (Å²) in [6, 6.07) is 0. The Labute approximate surface area is 119 Å². The Kier molecular flexibility index (Phi) is 5.48. The van der Waals surface area contributed by atoms with Gasteiger partial charge in [0.15, 0.2) is 23.3 Å². The molecular weight excluding hydrogens is 315 g/mol. The molecule has 120 valence electrons. The minimum Gasteiger partial charge on any atom is -0.386 e. The van der Waals surface area contributed by atoms with Crippen LogP contribution in [0.1, 0.15) is 27.7 Å². The van der Waals surface area contributed by atoms with Gasteiger partial charge in [0.2, 0.25) is 5.82 Å². The summed E-state index contributed by atoms with van der Waals surface area (Å²) in [6.07, 6.45) is -1.51. The van der Waals surface area contributed by atoms with Crippen molar-refractivity contribution < 1.29 is 35.6 Å². The summed E-state index contributed by atoms with van der Waals surface area (Å²) in [5, 5.41) is -1.44. The zero-order valence-electron chi connectivity index (χ0n) is 11.8. The van der Waals surface area contributed by atoms with Crippen molar-refractivity contribution in [3.05, 3.63) is 29.1 Å². The quantitative estimate of drug-likeness (QED) is 0.390. The molecule has 0 saturated carbocycles. The van der Waals surface area contributed by atoms with Crippen LogP contribution in [0, 0.1) is 29.1 Å². The van der Waals surface area contributed by atoms with Gasteiger partial charge in [-0.05, 0) is 27.7 Å². The van der Waals surface area contributed by atoms with Gasteiger partial charge in [0.1, 0.15) is 0 Å². The molecule has 0 aliphatic rings. The summed E-state index contributed by atoms with van der Waals surface area (Å²) >= 11 is 0. The van der Waals surface area contributed by atoms with Gasteiger partial charge in [-0.25, -0.2) is 22.0 Å². The lowest BCUT2D eigenvalue weighted by atomic mass is 10.3. The van der Waals surface area contributed by atoms with Crippen molar-refractivity contribution in [2.24, 2.45) is 0 Å². The normalized spacial score (nSPS) is 12.6. The van der Waals surface area contributed by atoms with Crippen LogP contribution in [-0.2, 0) is 8.85 Å². The van der Waals surface area contributed by atoms with Crippen LogP contribution in [0.2, 0.25) is 0 Å². The second-order valence-electron chi connectivity index (χ2n) is 4.86. The molecule has 0 saturated heterocycles. The van der Waals surface area contributed by atoms with Crippen molar-refractivity contribution in [1.82, 2.24) is 0 Å². The van der Waals surface area contributed by atoms with Crippen LogP contribution in [0.15, 0.2) is 0 Å². The Hall–Kier alpha value is -1.03. The Morgan fingerprint density at radius 3 is 1.29 bits per heavy atom. The van der Waals surface area contributed by atoms with Crippen LogP contribution >= 0.6 is 0 Å². The molecule has 0 radical (unpaired) electrons. The smallest absolute Gasteiger partial charge is 0.386 e. The second kappa shape index (κ2) is 6.38. The van der Waals surface area contributed by atoms with Crippen LogP contribution in [0.25, 0.3) is 0 Å². The van der Waals surface area contributed by atoms with Crippen molar-refractivity contribution in [3.8, 4) is 0 Å². The van der Waals surface area contributed by atoms with E-state index in [9.17, 15) is 26.7 Å². The third-order valence-corrected chi connectivity index (χ3v) is 4.97. The molecule has 0 heterocycles. The third kappa shape index (κ3) is 3.60. The molecule has 0 aliphatic carbocycles. The highest BCUT2D eigenvalue weighted by Gasteiger charge is 2.49. The largest absolute Gasteiger partial charge is 0.541 e. The van der Waals surface area contributed by atoms with Gasteiger partial charge in [0.25, 0.3) is 0 Å². The molecule has 1 aromatic carbocycles. The number of hydrogen-bond donors (Lipinski definition) is 1. The molecule has 0 spiro atoms. The first-order valence-corrected chi connectivity index (χ1v) is 7.87. The van der Waals surface area contributed by atoms with E-state index in [0.29, 0.717) is 0 Å². The van der Waals surface area contributed by atoms with Crippen LogP contribution in [0.4, 0.5) is 22.0 Å². The molecule has 0 unspecified atom stereocenters. The average molecular weight is 330 g/mol. The van der Waals surface area contributed by atoms with Gasteiger partial charge in [-0.3, -0.25) is 0 Å². The first kappa shape index (κ1) is 18.0. The van der Waals surface area contributed by atoms with Gasteiger partial charge in [0, 0.05) is 12.2 Å². The highest BCUT2D eigenvalue weighted by atomic mass is 28.4. The van der Waals surface area contributed by atoms with Crippen LogP contribution in [0.3, 0.4) is 0 Å². The fourth-order valence-corrected chi connectivity index (χ4v) is 4.01. The molecule has 1 aromatic rings. The van der Waals surface area contributed by atoms with Crippen LogP contribution in [0.5, 0.6) is 0 Å². The van der Waals surface area contributed by atoms with E-state index in [0.717, 1.165) is 0 Å². The first-order valence-electron chi connectivity index (χ1n) is 6.11. The van der Waals surface area contributed by atoms with E-state index >= 15 is 0 Å². The number of hydrogen-bond acceptors (Lipinski definition) is 3. The molecule has 1 N–H and O–H groups in total. The molecule has 0 amide bonds. The topological polar surface area (TPSA) is 38.7 Å². The van der Waals surface area contributed by atoms with E-state index in [4.69, 9.17) is 8.85 Å². The van der Waals surface area contributed by atoms with E-state index in [1.165, 1.54) is 27.7 Å². The average Bonchev–Trinajstić information content (AvgIpc) is 2.31. The Balaban J connectivity index is 3.58. The zero-order valence-corrected chi connectivity index (χ0v) is 12.8. The Morgan fingerprint density at radius 2 is 1.00 bits per heavy atom. The standard InChI is InChI=1S/C12H15F5O3Si/c1-5(2)19-21(18,20-6(3)4)12-10(16)8(14)7(13)9(15)11(12)17/h5-6,18H,1-4H3. The number of benzene rings is 1. The van der Waals surface area contributed by atoms with Crippen molar-refractivity contribution in [2.75, 3.05) is 0 Å². The lowest BCUT2D eigenvalue weighted by Gasteiger charge is -2.29. The molecule has 0 aliphatic heterocycles. The summed E-state index contributed by atoms with van der Waals surface area (Å²) < 4.78 is 77.1. The number of rotatable bonds is 5. The van der Waals surface area contributed by atoms with Gasteiger partial charge in [-0.2, -0.15) is 0 Å². The maximum Gasteiger partial charge on any atom is 0.541 e. The summed E-state index contributed by atoms with van der Waals surface area (Å²) in [5.74, 6) is -10.9. The lowest BCUT2D eigenvalue weighted by molar-refractivity contribution is 0.0589. The molecule has 0 fully saturated rings. The number of halogens is 5. The van der Waals surface area contributed by atoms with Gasteiger partial charge in [-0.15, -0.1) is 0 Å². The first-order chi connectivity index (χ1) is 9.51. The maximum atomic E-state index is 13.8. The Morgan fingerprint density at radius 1 is 0.714 bits per heavy atom. The van der Waals surface area contributed by atoms with E-state index in [2.05, 4.69) is 0 Å². The van der Waals surface area contributed by atoms with Crippen LogP contribution < -0.4 is 5.19 Å². The monoisotopic (exact) mass is 330 g/mol. The summed E-state index contributed by atoms with van der Waals surface area (Å²) in [4.78, 5) is 10.3. The molecule has 0 bridgehead atoms. The molecule has 21 heavy (non-hydrogen) atoms. The molecule has 9 heteroatoms. The van der Waals surface area contributed by atoms with Crippen molar-refractivity contribution >= 4 is 14.0 Å². The predicted octanol–water partition coefficient (Wildman–Crippen LogP) is 2.37.